The number of allylic oxidation sites excluding steroid dienone is 1. The first-order valence-electron chi connectivity index (χ1n) is 2.81. The number of nitrogens with one attached hydrogen (secondary N) is 1. The number of hydrogen-bond donors (Lipinski definition) is 2. The van der Waals surface area contributed by atoms with Gasteiger partial charge < -0.3 is 0 Å². The summed E-state index contributed by atoms with van der Waals surface area (Å²) in [5, 5.41) is 0. The van der Waals surface area contributed by atoms with E-state index in [1.54, 1.807) is 0 Å². The molecular weight excluding hydrogens is 118 g/mol. The average molecular weight is 131 g/mol. The summed E-state index contributed by atoms with van der Waals surface area (Å²) >= 11 is 3.82. The third-order valence-electron chi connectivity index (χ3n) is 0.730. The van der Waals surface area contributed by atoms with Gasteiger partial charge in [0.15, 0.2) is 0 Å². The van der Waals surface area contributed by atoms with Crippen molar-refractivity contribution in [3.05, 3.63) is 12.2 Å². The van der Waals surface area contributed by atoms with E-state index < -0.39 is 0 Å². The molecule has 0 saturated heterocycles. The van der Waals surface area contributed by atoms with E-state index in [1.807, 2.05) is 0 Å². The van der Waals surface area contributed by atoms with Crippen LogP contribution in [0.15, 0.2) is 12.2 Å². The molecule has 2 heteroatoms. The van der Waals surface area contributed by atoms with Crippen LogP contribution in [0.4, 0.5) is 0 Å². The van der Waals surface area contributed by atoms with Gasteiger partial charge in [-0.25, -0.2) is 0 Å². The lowest BCUT2D eigenvalue weighted by atomic mass is 10.2. The van der Waals surface area contributed by atoms with Gasteiger partial charge in [-0.3, -0.25) is 4.72 Å². The van der Waals surface area contributed by atoms with Crippen LogP contribution in [0.5, 0.6) is 0 Å². The first kappa shape index (κ1) is 8.05. The van der Waals surface area contributed by atoms with Gasteiger partial charge in [-0.15, -0.1) is 0 Å². The Bertz CT molecular complexity index is 68.9. The second-order valence-corrected chi connectivity index (χ2v) is 2.35. The largest absolute Gasteiger partial charge is 0.263 e. The summed E-state index contributed by atoms with van der Waals surface area (Å²) in [5.41, 5.74) is 0. The predicted octanol–water partition coefficient (Wildman–Crippen LogP) is 1.63. The fraction of sp³-hybridized carbons (Fsp3) is 0.667. The van der Waals surface area contributed by atoms with E-state index in [-0.39, 0.29) is 0 Å². The van der Waals surface area contributed by atoms with Gasteiger partial charge in [0.25, 0.3) is 0 Å². The molecule has 0 radical (unpaired) electrons. The van der Waals surface area contributed by atoms with Crippen LogP contribution in [0.1, 0.15) is 13.8 Å². The summed E-state index contributed by atoms with van der Waals surface area (Å²) < 4.78 is 2.73. The van der Waals surface area contributed by atoms with Gasteiger partial charge in [-0.05, 0) is 5.92 Å². The Kier molecular flexibility index (Phi) is 5.22. The Labute approximate surface area is 56.7 Å². The smallest absolute Gasteiger partial charge is 0.0237 e. The summed E-state index contributed by atoms with van der Waals surface area (Å²) in [6, 6.07) is 0. The molecule has 0 unspecified atom stereocenters. The van der Waals surface area contributed by atoms with E-state index >= 15 is 0 Å². The maximum absolute atomic E-state index is 3.82. The number of hydrogen-bond acceptors (Lipinski definition) is 2. The zero-order chi connectivity index (χ0) is 6.41. The first-order chi connectivity index (χ1) is 3.77. The quantitative estimate of drug-likeness (QED) is 0.438. The van der Waals surface area contributed by atoms with Crippen molar-refractivity contribution in [1.82, 2.24) is 4.72 Å². The third kappa shape index (κ3) is 6.05. The average Bonchev–Trinajstić information content (AvgIpc) is 1.66. The van der Waals surface area contributed by atoms with Crippen molar-refractivity contribution in [1.29, 1.82) is 0 Å². The highest BCUT2D eigenvalue weighted by atomic mass is 32.1. The lowest BCUT2D eigenvalue weighted by Gasteiger charge is -1.91. The normalized spacial score (nSPS) is 11.5. The van der Waals surface area contributed by atoms with E-state index in [4.69, 9.17) is 0 Å². The Hall–Kier alpha value is 0.0500. The molecular formula is C6H13NS. The minimum absolute atomic E-state index is 0.650. The van der Waals surface area contributed by atoms with Crippen LogP contribution in [0.3, 0.4) is 0 Å². The fourth-order valence-electron chi connectivity index (χ4n) is 0.393. The maximum Gasteiger partial charge on any atom is 0.0237 e. The number of thiol groups is 1. The molecule has 0 aromatic carbocycles. The second-order valence-electron chi connectivity index (χ2n) is 2.03. The molecule has 0 amide bonds. The summed E-state index contributed by atoms with van der Waals surface area (Å²) in [5.74, 6) is 0.650. The lowest BCUT2D eigenvalue weighted by molar-refractivity contribution is 0.826. The molecule has 1 N–H and O–H groups in total. The van der Waals surface area contributed by atoms with Crippen molar-refractivity contribution < 1.29 is 0 Å². The van der Waals surface area contributed by atoms with Crippen molar-refractivity contribution in [2.45, 2.75) is 13.8 Å². The molecule has 0 spiro atoms. The van der Waals surface area contributed by atoms with Crippen molar-refractivity contribution >= 4 is 12.8 Å². The van der Waals surface area contributed by atoms with Crippen molar-refractivity contribution in [2.24, 2.45) is 5.92 Å². The lowest BCUT2D eigenvalue weighted by Crippen LogP contribution is -1.96. The van der Waals surface area contributed by atoms with Crippen LogP contribution in [-0.4, -0.2) is 6.54 Å². The van der Waals surface area contributed by atoms with E-state index in [0.717, 1.165) is 6.54 Å². The molecule has 0 aliphatic rings. The summed E-state index contributed by atoms with van der Waals surface area (Å²) in [6.45, 7) is 5.14. The third-order valence-corrected chi connectivity index (χ3v) is 0.913. The maximum atomic E-state index is 3.82. The SMILES string of the molecule is CC(C)/C=C/CNS. The molecule has 48 valence electrons. The highest BCUT2D eigenvalue weighted by Gasteiger charge is 1.79. The van der Waals surface area contributed by atoms with Crippen molar-refractivity contribution in [2.75, 3.05) is 6.54 Å². The van der Waals surface area contributed by atoms with Crippen LogP contribution < -0.4 is 4.72 Å². The van der Waals surface area contributed by atoms with Crippen LogP contribution in [0, 0.1) is 5.92 Å². The highest BCUT2D eigenvalue weighted by Crippen LogP contribution is 1.91. The van der Waals surface area contributed by atoms with E-state index in [9.17, 15) is 0 Å². The molecule has 0 aromatic rings. The molecule has 0 aromatic heterocycles. The Balaban J connectivity index is 3.07. The van der Waals surface area contributed by atoms with Crippen LogP contribution >= 0.6 is 12.8 Å². The summed E-state index contributed by atoms with van der Waals surface area (Å²) in [6.07, 6.45) is 4.21. The number of rotatable bonds is 3. The van der Waals surface area contributed by atoms with Crippen molar-refractivity contribution in [3.63, 3.8) is 0 Å². The molecule has 0 rings (SSSR count). The standard InChI is InChI=1S/C6H13NS/c1-6(2)4-3-5-7-8/h3-4,6-8H,5H2,1-2H3/b4-3+. The predicted molar refractivity (Wildman–Crippen MR) is 41.0 cm³/mol. The van der Waals surface area contributed by atoms with Gasteiger partial charge in [0.1, 0.15) is 0 Å². The molecule has 0 aliphatic heterocycles. The van der Waals surface area contributed by atoms with Crippen LogP contribution in [-0.2, 0) is 0 Å². The monoisotopic (exact) mass is 131 g/mol. The van der Waals surface area contributed by atoms with Gasteiger partial charge in [-0.2, -0.15) is 0 Å². The van der Waals surface area contributed by atoms with E-state index in [2.05, 4.69) is 43.5 Å². The molecule has 0 bridgehead atoms. The minimum Gasteiger partial charge on any atom is -0.263 e. The van der Waals surface area contributed by atoms with Crippen LogP contribution in [0.25, 0.3) is 0 Å². The summed E-state index contributed by atoms with van der Waals surface area (Å²) in [4.78, 5) is 0. The molecule has 0 fully saturated rings. The fourth-order valence-corrected chi connectivity index (χ4v) is 0.498. The molecule has 0 aliphatic carbocycles. The zero-order valence-electron chi connectivity index (χ0n) is 5.39. The van der Waals surface area contributed by atoms with Gasteiger partial charge in [0, 0.05) is 6.54 Å². The second kappa shape index (κ2) is 5.19. The topological polar surface area (TPSA) is 12.0 Å². The van der Waals surface area contributed by atoms with Crippen LogP contribution in [0.2, 0.25) is 0 Å². The van der Waals surface area contributed by atoms with Crippen molar-refractivity contribution in [3.8, 4) is 0 Å². The summed E-state index contributed by atoms with van der Waals surface area (Å²) in [7, 11) is 0. The highest BCUT2D eigenvalue weighted by molar-refractivity contribution is 7.78. The molecule has 0 saturated carbocycles. The molecule has 0 atom stereocenters. The van der Waals surface area contributed by atoms with Gasteiger partial charge in [0.05, 0.1) is 0 Å². The molecule has 0 heterocycles. The molecule has 8 heavy (non-hydrogen) atoms. The Morgan fingerprint density at radius 3 is 2.62 bits per heavy atom. The first-order valence-corrected chi connectivity index (χ1v) is 3.25. The molecule has 1 nitrogen and oxygen atoms in total. The Morgan fingerprint density at radius 2 is 2.25 bits per heavy atom. The van der Waals surface area contributed by atoms with Gasteiger partial charge in [0.2, 0.25) is 0 Å². The van der Waals surface area contributed by atoms with E-state index in [0.29, 0.717) is 5.92 Å². The van der Waals surface area contributed by atoms with Gasteiger partial charge in [-0.1, -0.05) is 38.8 Å². The van der Waals surface area contributed by atoms with E-state index in [1.165, 1.54) is 0 Å². The Morgan fingerprint density at radius 1 is 1.62 bits per heavy atom. The zero-order valence-corrected chi connectivity index (χ0v) is 6.28. The van der Waals surface area contributed by atoms with Gasteiger partial charge >= 0.3 is 0 Å². The minimum atomic E-state index is 0.650.